The van der Waals surface area contributed by atoms with Crippen molar-refractivity contribution in [3.8, 4) is 23.0 Å². The Morgan fingerprint density at radius 1 is 0.500 bits per heavy atom. The second kappa shape index (κ2) is 5.64. The van der Waals surface area contributed by atoms with Crippen LogP contribution in [0.5, 0.6) is 23.0 Å². The highest BCUT2D eigenvalue weighted by Gasteiger charge is 2.16. The van der Waals surface area contributed by atoms with E-state index in [9.17, 15) is 0 Å². The zero-order chi connectivity index (χ0) is 15.7. The monoisotopic (exact) mass is 298 g/mol. The maximum absolute atomic E-state index is 5.66. The molecule has 114 valence electrons. The van der Waals surface area contributed by atoms with Crippen molar-refractivity contribution >= 4 is 21.5 Å². The highest BCUT2D eigenvalue weighted by atomic mass is 16.5. The van der Waals surface area contributed by atoms with E-state index in [0.717, 1.165) is 44.5 Å². The average Bonchev–Trinajstić information content (AvgIpc) is 2.58. The van der Waals surface area contributed by atoms with E-state index >= 15 is 0 Å². The van der Waals surface area contributed by atoms with Gasteiger partial charge in [0.25, 0.3) is 0 Å². The van der Waals surface area contributed by atoms with Gasteiger partial charge >= 0.3 is 0 Å². The van der Waals surface area contributed by atoms with Gasteiger partial charge in [-0.25, -0.2) is 0 Å². The number of hydrogen-bond donors (Lipinski definition) is 0. The average molecular weight is 298 g/mol. The van der Waals surface area contributed by atoms with E-state index in [0.29, 0.717) is 0 Å². The standard InChI is InChI=1S/C18H18O4/c1-19-11-5-7-13-15(9-11)17(21-3)14-8-6-12(20-2)10-16(14)18(13)22-4/h5-10H,1-4H3. The lowest BCUT2D eigenvalue weighted by Crippen LogP contribution is -1.94. The predicted molar refractivity (Wildman–Crippen MR) is 87.7 cm³/mol. The number of rotatable bonds is 4. The van der Waals surface area contributed by atoms with Crippen molar-refractivity contribution in [2.75, 3.05) is 28.4 Å². The third kappa shape index (κ3) is 2.08. The lowest BCUT2D eigenvalue weighted by molar-refractivity contribution is 0.409. The maximum Gasteiger partial charge on any atom is 0.134 e. The Bertz CT molecular complexity index is 768. The van der Waals surface area contributed by atoms with Crippen LogP contribution in [-0.4, -0.2) is 28.4 Å². The molecule has 4 heteroatoms. The van der Waals surface area contributed by atoms with Crippen LogP contribution >= 0.6 is 0 Å². The minimum absolute atomic E-state index is 0.778. The molecule has 4 nitrogen and oxygen atoms in total. The van der Waals surface area contributed by atoms with Crippen LogP contribution in [0.2, 0.25) is 0 Å². The molecule has 3 rings (SSSR count). The Kier molecular flexibility index (Phi) is 3.67. The summed E-state index contributed by atoms with van der Waals surface area (Å²) < 4.78 is 22.0. The van der Waals surface area contributed by atoms with Gasteiger partial charge in [0.05, 0.1) is 28.4 Å². The second-order valence-corrected chi connectivity index (χ2v) is 4.89. The number of ether oxygens (including phenoxy) is 4. The van der Waals surface area contributed by atoms with Crippen LogP contribution in [0, 0.1) is 0 Å². The molecule has 0 amide bonds. The van der Waals surface area contributed by atoms with Gasteiger partial charge in [0.15, 0.2) is 0 Å². The zero-order valence-electron chi connectivity index (χ0n) is 13.1. The summed E-state index contributed by atoms with van der Waals surface area (Å²) >= 11 is 0. The largest absolute Gasteiger partial charge is 0.497 e. The van der Waals surface area contributed by atoms with Gasteiger partial charge in [-0.15, -0.1) is 0 Å². The third-order valence-electron chi connectivity index (χ3n) is 3.84. The first-order valence-corrected chi connectivity index (χ1v) is 6.93. The van der Waals surface area contributed by atoms with Crippen LogP contribution in [0.3, 0.4) is 0 Å². The van der Waals surface area contributed by atoms with Crippen molar-refractivity contribution in [1.29, 1.82) is 0 Å². The Morgan fingerprint density at radius 3 is 1.23 bits per heavy atom. The Balaban J connectivity index is 2.50. The van der Waals surface area contributed by atoms with Gasteiger partial charge in [-0.05, 0) is 36.4 Å². The zero-order valence-corrected chi connectivity index (χ0v) is 13.1. The Morgan fingerprint density at radius 2 is 0.909 bits per heavy atom. The minimum Gasteiger partial charge on any atom is -0.497 e. The quantitative estimate of drug-likeness (QED) is 0.682. The molecule has 0 N–H and O–H groups in total. The predicted octanol–water partition coefficient (Wildman–Crippen LogP) is 4.03. The summed E-state index contributed by atoms with van der Waals surface area (Å²) in [6.07, 6.45) is 0. The van der Waals surface area contributed by atoms with E-state index in [1.165, 1.54) is 0 Å². The molecule has 0 unspecified atom stereocenters. The van der Waals surface area contributed by atoms with Crippen LogP contribution in [0.25, 0.3) is 21.5 Å². The first-order chi connectivity index (χ1) is 10.7. The number of fused-ring (bicyclic) bond motifs is 2. The molecule has 3 aromatic carbocycles. The van der Waals surface area contributed by atoms with E-state index in [-0.39, 0.29) is 0 Å². The van der Waals surface area contributed by atoms with Crippen molar-refractivity contribution in [1.82, 2.24) is 0 Å². The van der Waals surface area contributed by atoms with E-state index < -0.39 is 0 Å². The molecule has 0 atom stereocenters. The highest BCUT2D eigenvalue weighted by molar-refractivity contribution is 6.11. The van der Waals surface area contributed by atoms with E-state index in [1.54, 1.807) is 28.4 Å². The summed E-state index contributed by atoms with van der Waals surface area (Å²) in [5, 5.41) is 3.86. The van der Waals surface area contributed by atoms with Crippen LogP contribution in [0.4, 0.5) is 0 Å². The van der Waals surface area contributed by atoms with Crippen molar-refractivity contribution in [2.24, 2.45) is 0 Å². The van der Waals surface area contributed by atoms with Gasteiger partial charge in [0, 0.05) is 21.5 Å². The molecule has 0 aliphatic carbocycles. The molecular formula is C18H18O4. The molecular weight excluding hydrogens is 280 g/mol. The summed E-state index contributed by atoms with van der Waals surface area (Å²) in [6.45, 7) is 0. The molecule has 22 heavy (non-hydrogen) atoms. The number of methoxy groups -OCH3 is 4. The summed E-state index contributed by atoms with van der Waals surface area (Å²) in [5.74, 6) is 3.15. The summed E-state index contributed by atoms with van der Waals surface area (Å²) in [5.41, 5.74) is 0. The fourth-order valence-electron chi connectivity index (χ4n) is 2.80. The third-order valence-corrected chi connectivity index (χ3v) is 3.84. The molecule has 0 saturated heterocycles. The molecule has 0 fully saturated rings. The molecule has 0 heterocycles. The summed E-state index contributed by atoms with van der Waals surface area (Å²) in [7, 11) is 6.64. The van der Waals surface area contributed by atoms with Gasteiger partial charge in [-0.3, -0.25) is 0 Å². The molecule has 0 bridgehead atoms. The fraction of sp³-hybridized carbons (Fsp3) is 0.222. The van der Waals surface area contributed by atoms with Gasteiger partial charge < -0.3 is 18.9 Å². The normalized spacial score (nSPS) is 10.7. The van der Waals surface area contributed by atoms with Gasteiger partial charge in [-0.2, -0.15) is 0 Å². The molecule has 0 aliphatic heterocycles. The molecule has 0 spiro atoms. The molecule has 0 saturated carbocycles. The van der Waals surface area contributed by atoms with E-state index in [1.807, 2.05) is 36.4 Å². The first-order valence-electron chi connectivity index (χ1n) is 6.93. The van der Waals surface area contributed by atoms with E-state index in [4.69, 9.17) is 18.9 Å². The molecule has 0 aliphatic rings. The van der Waals surface area contributed by atoms with Gasteiger partial charge in [0.1, 0.15) is 23.0 Å². The molecule has 0 radical (unpaired) electrons. The molecule has 3 aromatic rings. The molecule has 0 aromatic heterocycles. The van der Waals surface area contributed by atoms with Crippen molar-refractivity contribution < 1.29 is 18.9 Å². The lowest BCUT2D eigenvalue weighted by atomic mass is 10.00. The van der Waals surface area contributed by atoms with Crippen LogP contribution in [0.15, 0.2) is 36.4 Å². The summed E-state index contributed by atoms with van der Waals surface area (Å²) in [6, 6.07) is 11.7. The van der Waals surface area contributed by atoms with Crippen molar-refractivity contribution in [2.45, 2.75) is 0 Å². The van der Waals surface area contributed by atoms with Crippen molar-refractivity contribution in [3.05, 3.63) is 36.4 Å². The van der Waals surface area contributed by atoms with Crippen LogP contribution in [-0.2, 0) is 0 Å². The second-order valence-electron chi connectivity index (χ2n) is 4.89. The van der Waals surface area contributed by atoms with Crippen LogP contribution in [0.1, 0.15) is 0 Å². The summed E-state index contributed by atoms with van der Waals surface area (Å²) in [4.78, 5) is 0. The fourth-order valence-corrected chi connectivity index (χ4v) is 2.80. The number of benzene rings is 3. The lowest BCUT2D eigenvalue weighted by Gasteiger charge is -2.16. The van der Waals surface area contributed by atoms with E-state index in [2.05, 4.69) is 0 Å². The first kappa shape index (κ1) is 14.3. The Hall–Kier alpha value is -2.62. The maximum atomic E-state index is 5.66. The Labute approximate surface area is 129 Å². The van der Waals surface area contributed by atoms with Gasteiger partial charge in [0.2, 0.25) is 0 Å². The number of hydrogen-bond acceptors (Lipinski definition) is 4. The topological polar surface area (TPSA) is 36.9 Å². The smallest absolute Gasteiger partial charge is 0.134 e. The van der Waals surface area contributed by atoms with Crippen molar-refractivity contribution in [3.63, 3.8) is 0 Å². The highest BCUT2D eigenvalue weighted by Crippen LogP contribution is 2.44. The minimum atomic E-state index is 0.778. The SMILES string of the molecule is COc1ccc2c(OC)c3cc(OC)ccc3c(OC)c2c1. The van der Waals surface area contributed by atoms with Gasteiger partial charge in [-0.1, -0.05) is 0 Å². The van der Waals surface area contributed by atoms with Crippen LogP contribution < -0.4 is 18.9 Å².